The standard InChI is InChI=1S/C23H27N3O4S/c1-5-12-26(31(4,28)29)21-17(15-10-11-15)13-18-19(22(27)24-3)20(30-23(18)25-21)16-8-6-14(2)7-9-16/h5-9,13,15,22,24,27H,1,10-12H2,2-4H3. The van der Waals surface area contributed by atoms with Crippen LogP contribution in [-0.4, -0.2) is 38.4 Å². The number of aromatic nitrogens is 1. The van der Waals surface area contributed by atoms with Crippen molar-refractivity contribution in [2.45, 2.75) is 31.9 Å². The molecule has 1 saturated carbocycles. The van der Waals surface area contributed by atoms with Crippen molar-refractivity contribution in [3.05, 3.63) is 59.7 Å². The van der Waals surface area contributed by atoms with Crippen molar-refractivity contribution < 1.29 is 17.9 Å². The number of benzene rings is 1. The summed E-state index contributed by atoms with van der Waals surface area (Å²) in [7, 11) is -1.89. The molecule has 0 amide bonds. The largest absolute Gasteiger partial charge is 0.437 e. The Bertz CT molecular complexity index is 1230. The predicted octanol–water partition coefficient (Wildman–Crippen LogP) is 3.84. The average Bonchev–Trinajstić information content (AvgIpc) is 3.51. The smallest absolute Gasteiger partial charge is 0.233 e. The molecule has 2 heterocycles. The van der Waals surface area contributed by atoms with E-state index in [2.05, 4.69) is 16.9 Å². The predicted molar refractivity (Wildman–Crippen MR) is 123 cm³/mol. The molecular formula is C23H27N3O4S. The Morgan fingerprint density at radius 3 is 2.58 bits per heavy atom. The van der Waals surface area contributed by atoms with E-state index in [1.54, 1.807) is 13.1 Å². The lowest BCUT2D eigenvalue weighted by Gasteiger charge is -2.22. The number of furan rings is 1. The van der Waals surface area contributed by atoms with Gasteiger partial charge in [-0.3, -0.25) is 5.32 Å². The second kappa shape index (κ2) is 8.11. The van der Waals surface area contributed by atoms with E-state index in [0.717, 1.165) is 35.8 Å². The maximum atomic E-state index is 12.5. The fourth-order valence-corrected chi connectivity index (χ4v) is 4.61. The minimum Gasteiger partial charge on any atom is -0.437 e. The summed E-state index contributed by atoms with van der Waals surface area (Å²) in [6.07, 6.45) is 3.68. The van der Waals surface area contributed by atoms with E-state index in [4.69, 9.17) is 4.42 Å². The van der Waals surface area contributed by atoms with Gasteiger partial charge < -0.3 is 9.52 Å². The number of aliphatic hydroxyl groups excluding tert-OH is 1. The van der Waals surface area contributed by atoms with Crippen molar-refractivity contribution in [3.63, 3.8) is 0 Å². The second-order valence-corrected chi connectivity index (χ2v) is 9.92. The zero-order chi connectivity index (χ0) is 22.3. The second-order valence-electron chi connectivity index (χ2n) is 8.01. The van der Waals surface area contributed by atoms with Gasteiger partial charge in [-0.05, 0) is 44.4 Å². The Labute approximate surface area is 182 Å². The molecule has 8 heteroatoms. The molecule has 0 aliphatic heterocycles. The Morgan fingerprint density at radius 1 is 1.35 bits per heavy atom. The number of aryl methyl sites for hydroxylation is 1. The summed E-state index contributed by atoms with van der Waals surface area (Å²) in [5, 5.41) is 14.3. The van der Waals surface area contributed by atoms with Crippen molar-refractivity contribution in [3.8, 4) is 11.3 Å². The van der Waals surface area contributed by atoms with Crippen LogP contribution in [0.2, 0.25) is 0 Å². The molecule has 1 unspecified atom stereocenters. The lowest BCUT2D eigenvalue weighted by molar-refractivity contribution is 0.150. The Kier molecular flexibility index (Phi) is 5.63. The molecule has 0 saturated heterocycles. The molecule has 0 spiro atoms. The molecule has 1 atom stereocenters. The van der Waals surface area contributed by atoms with E-state index < -0.39 is 16.3 Å². The maximum absolute atomic E-state index is 12.5. The topological polar surface area (TPSA) is 95.7 Å². The summed E-state index contributed by atoms with van der Waals surface area (Å²) in [4.78, 5) is 4.66. The van der Waals surface area contributed by atoms with Crippen LogP contribution in [0.3, 0.4) is 0 Å². The van der Waals surface area contributed by atoms with Crippen LogP contribution in [0.4, 0.5) is 5.82 Å². The number of pyridine rings is 1. The highest BCUT2D eigenvalue weighted by Crippen LogP contribution is 2.47. The number of rotatable bonds is 8. The van der Waals surface area contributed by atoms with E-state index in [1.807, 2.05) is 37.3 Å². The minimum atomic E-state index is -3.56. The zero-order valence-electron chi connectivity index (χ0n) is 17.9. The van der Waals surface area contributed by atoms with Crippen LogP contribution in [0.1, 0.15) is 41.7 Å². The number of hydrogen-bond acceptors (Lipinski definition) is 6. The molecule has 3 aromatic rings. The number of anilines is 1. The molecule has 4 rings (SSSR count). The number of nitrogens with one attached hydrogen (secondary N) is 1. The van der Waals surface area contributed by atoms with E-state index >= 15 is 0 Å². The van der Waals surface area contributed by atoms with E-state index in [0.29, 0.717) is 22.5 Å². The molecule has 1 aliphatic rings. The number of hydrogen-bond donors (Lipinski definition) is 2. The van der Waals surface area contributed by atoms with Crippen LogP contribution in [0.25, 0.3) is 22.4 Å². The zero-order valence-corrected chi connectivity index (χ0v) is 18.7. The van der Waals surface area contributed by atoms with E-state index in [-0.39, 0.29) is 18.2 Å². The van der Waals surface area contributed by atoms with Crippen LogP contribution >= 0.6 is 0 Å². The summed E-state index contributed by atoms with van der Waals surface area (Å²) in [6.45, 7) is 5.81. The minimum absolute atomic E-state index is 0.120. The monoisotopic (exact) mass is 441 g/mol. The number of sulfonamides is 1. The third-order valence-electron chi connectivity index (χ3n) is 5.54. The Hall–Kier alpha value is -2.68. The highest BCUT2D eigenvalue weighted by molar-refractivity contribution is 7.92. The third-order valence-corrected chi connectivity index (χ3v) is 6.66. The van der Waals surface area contributed by atoms with Crippen molar-refractivity contribution >= 4 is 26.9 Å². The van der Waals surface area contributed by atoms with Gasteiger partial charge in [0.15, 0.2) is 0 Å². The van der Waals surface area contributed by atoms with Crippen LogP contribution in [-0.2, 0) is 10.0 Å². The molecule has 7 nitrogen and oxygen atoms in total. The molecular weight excluding hydrogens is 414 g/mol. The first-order valence-corrected chi connectivity index (χ1v) is 12.1. The Morgan fingerprint density at radius 2 is 2.03 bits per heavy atom. The summed E-state index contributed by atoms with van der Waals surface area (Å²) >= 11 is 0. The van der Waals surface area contributed by atoms with Gasteiger partial charge in [0.25, 0.3) is 0 Å². The SMILES string of the molecule is C=CCN(c1nc2oc(-c3ccc(C)cc3)c(C(O)NC)c2cc1C1CC1)S(C)(=O)=O. The van der Waals surface area contributed by atoms with Gasteiger partial charge in [-0.1, -0.05) is 35.9 Å². The lowest BCUT2D eigenvalue weighted by atomic mass is 10.0. The fourth-order valence-electron chi connectivity index (χ4n) is 3.77. The first kappa shape index (κ1) is 21.5. The van der Waals surface area contributed by atoms with Crippen molar-refractivity contribution in [1.82, 2.24) is 10.3 Å². The van der Waals surface area contributed by atoms with Crippen LogP contribution in [0.5, 0.6) is 0 Å². The van der Waals surface area contributed by atoms with E-state index in [9.17, 15) is 13.5 Å². The van der Waals surface area contributed by atoms with Gasteiger partial charge in [-0.15, -0.1) is 6.58 Å². The fraction of sp³-hybridized carbons (Fsp3) is 0.348. The van der Waals surface area contributed by atoms with Gasteiger partial charge in [0, 0.05) is 10.9 Å². The summed E-state index contributed by atoms with van der Waals surface area (Å²) in [6, 6.07) is 9.74. The highest BCUT2D eigenvalue weighted by atomic mass is 32.2. The molecule has 164 valence electrons. The first-order valence-electron chi connectivity index (χ1n) is 10.2. The number of aliphatic hydroxyl groups is 1. The molecule has 0 bridgehead atoms. The van der Waals surface area contributed by atoms with Gasteiger partial charge in [-0.25, -0.2) is 12.7 Å². The van der Waals surface area contributed by atoms with Gasteiger partial charge in [-0.2, -0.15) is 4.98 Å². The molecule has 2 N–H and O–H groups in total. The maximum Gasteiger partial charge on any atom is 0.233 e. The summed E-state index contributed by atoms with van der Waals surface area (Å²) in [5.74, 6) is 1.11. The van der Waals surface area contributed by atoms with Gasteiger partial charge in [0.05, 0.1) is 18.4 Å². The van der Waals surface area contributed by atoms with Gasteiger partial charge >= 0.3 is 0 Å². The van der Waals surface area contributed by atoms with Crippen LogP contribution in [0, 0.1) is 6.92 Å². The quantitative estimate of drug-likeness (QED) is 0.407. The van der Waals surface area contributed by atoms with Crippen molar-refractivity contribution in [2.75, 3.05) is 24.2 Å². The third kappa shape index (κ3) is 4.11. The average molecular weight is 442 g/mol. The molecule has 1 aliphatic carbocycles. The summed E-state index contributed by atoms with van der Waals surface area (Å²) in [5.41, 5.74) is 3.66. The number of fused-ring (bicyclic) bond motifs is 1. The molecule has 0 radical (unpaired) electrons. The van der Waals surface area contributed by atoms with E-state index in [1.165, 1.54) is 4.31 Å². The molecule has 31 heavy (non-hydrogen) atoms. The van der Waals surface area contributed by atoms with Gasteiger partial charge in [0.1, 0.15) is 17.8 Å². The molecule has 1 fully saturated rings. The normalized spacial score (nSPS) is 15.2. The highest BCUT2D eigenvalue weighted by Gasteiger charge is 2.33. The summed E-state index contributed by atoms with van der Waals surface area (Å²) < 4.78 is 32.4. The molecule has 1 aromatic carbocycles. The van der Waals surface area contributed by atoms with Crippen LogP contribution < -0.4 is 9.62 Å². The first-order chi connectivity index (χ1) is 14.7. The van der Waals surface area contributed by atoms with Crippen molar-refractivity contribution in [2.24, 2.45) is 0 Å². The van der Waals surface area contributed by atoms with Gasteiger partial charge in [0.2, 0.25) is 15.7 Å². The lowest BCUT2D eigenvalue weighted by Crippen LogP contribution is -2.31. The van der Waals surface area contributed by atoms with Crippen LogP contribution in [0.15, 0.2) is 47.4 Å². The molecule has 2 aromatic heterocycles. The Balaban J connectivity index is 2.00. The van der Waals surface area contributed by atoms with Crippen molar-refractivity contribution in [1.29, 1.82) is 0 Å². The number of nitrogens with zero attached hydrogens (tertiary/aromatic N) is 2.